The average Bonchev–Trinajstić information content (AvgIpc) is 3.31. The molecule has 3 heterocycles. The predicted molar refractivity (Wildman–Crippen MR) is 127 cm³/mol. The molecule has 2 aliphatic rings. The second kappa shape index (κ2) is 8.74. The van der Waals surface area contributed by atoms with Gasteiger partial charge in [0, 0.05) is 43.4 Å². The van der Waals surface area contributed by atoms with Gasteiger partial charge in [0.15, 0.2) is 6.61 Å². The van der Waals surface area contributed by atoms with Crippen LogP contribution in [-0.2, 0) is 20.9 Å². The minimum Gasteiger partial charge on any atom is -0.454 e. The first kappa shape index (κ1) is 23.7. The maximum Gasteiger partial charge on any atom is 0.354 e. The first-order valence-corrected chi connectivity index (χ1v) is 11.7. The number of carbonyl (C=O) groups excluding carboxylic acids is 4. The zero-order valence-corrected chi connectivity index (χ0v) is 20.4. The number of aryl methyl sites for hydroxylation is 1. The van der Waals surface area contributed by atoms with E-state index < -0.39 is 18.2 Å². The lowest BCUT2D eigenvalue weighted by Crippen LogP contribution is -2.67. The minimum absolute atomic E-state index is 0.103. The standard InChI is InChI=1S/C26H31N3O5/c1-16(2)11-13-28-17(3)14-20(18(28)4)22(30)15-34-25(33)26-12-10-23(31)29(26)21-9-7-6-8-19(21)24(32)27(26)5/h6-9,14,16H,10-13,15H2,1-5H3. The third-order valence-electron chi connectivity index (χ3n) is 7.01. The van der Waals surface area contributed by atoms with E-state index in [1.165, 1.54) is 16.8 Å². The molecule has 4 rings (SSSR count). The molecule has 0 N–H and O–H groups in total. The van der Waals surface area contributed by atoms with Gasteiger partial charge in [-0.05, 0) is 44.4 Å². The number of ether oxygens (including phenoxy) is 1. The Morgan fingerprint density at radius 2 is 1.85 bits per heavy atom. The van der Waals surface area contributed by atoms with E-state index in [4.69, 9.17) is 4.74 Å². The predicted octanol–water partition coefficient (Wildman–Crippen LogP) is 3.49. The van der Waals surface area contributed by atoms with E-state index in [-0.39, 0.29) is 30.4 Å². The molecule has 0 spiro atoms. The van der Waals surface area contributed by atoms with Gasteiger partial charge in [0.05, 0.1) is 11.3 Å². The van der Waals surface area contributed by atoms with Gasteiger partial charge in [-0.3, -0.25) is 19.3 Å². The number of rotatable bonds is 7. The van der Waals surface area contributed by atoms with Gasteiger partial charge in [0.25, 0.3) is 5.91 Å². The van der Waals surface area contributed by atoms with Crippen molar-refractivity contribution in [2.24, 2.45) is 5.92 Å². The summed E-state index contributed by atoms with van der Waals surface area (Å²) < 4.78 is 7.61. The summed E-state index contributed by atoms with van der Waals surface area (Å²) in [6.45, 7) is 8.51. The number of ketones is 1. The number of fused-ring (bicyclic) bond motifs is 3. The van der Waals surface area contributed by atoms with Crippen LogP contribution in [0.25, 0.3) is 0 Å². The summed E-state index contributed by atoms with van der Waals surface area (Å²) >= 11 is 0. The summed E-state index contributed by atoms with van der Waals surface area (Å²) in [6, 6.07) is 8.54. The molecule has 0 radical (unpaired) electrons. The Hall–Kier alpha value is -3.42. The Morgan fingerprint density at radius 3 is 2.56 bits per heavy atom. The van der Waals surface area contributed by atoms with E-state index in [2.05, 4.69) is 18.4 Å². The maximum atomic E-state index is 13.4. The molecule has 1 fully saturated rings. The van der Waals surface area contributed by atoms with Crippen LogP contribution in [0, 0.1) is 19.8 Å². The van der Waals surface area contributed by atoms with Gasteiger partial charge in [-0.25, -0.2) is 4.79 Å². The molecule has 1 aromatic carbocycles. The van der Waals surface area contributed by atoms with Crippen LogP contribution in [0.4, 0.5) is 5.69 Å². The lowest BCUT2D eigenvalue weighted by Gasteiger charge is -2.46. The fourth-order valence-electron chi connectivity index (χ4n) is 5.03. The highest BCUT2D eigenvalue weighted by Gasteiger charge is 2.60. The highest BCUT2D eigenvalue weighted by molar-refractivity contribution is 6.15. The van der Waals surface area contributed by atoms with Gasteiger partial charge in [-0.15, -0.1) is 0 Å². The van der Waals surface area contributed by atoms with E-state index in [0.717, 1.165) is 24.4 Å². The largest absolute Gasteiger partial charge is 0.454 e. The van der Waals surface area contributed by atoms with Gasteiger partial charge in [0.1, 0.15) is 0 Å². The molecule has 1 saturated heterocycles. The number of esters is 1. The van der Waals surface area contributed by atoms with E-state index in [0.29, 0.717) is 22.7 Å². The molecule has 8 heteroatoms. The Labute approximate surface area is 199 Å². The van der Waals surface area contributed by atoms with Crippen molar-refractivity contribution in [2.45, 2.75) is 59.2 Å². The third kappa shape index (κ3) is 3.61. The minimum atomic E-state index is -1.59. The van der Waals surface area contributed by atoms with Crippen molar-refractivity contribution in [3.63, 3.8) is 0 Å². The van der Waals surface area contributed by atoms with Gasteiger partial charge in [-0.1, -0.05) is 26.0 Å². The van der Waals surface area contributed by atoms with Gasteiger partial charge < -0.3 is 14.2 Å². The molecule has 0 aliphatic carbocycles. The molecule has 1 aromatic heterocycles. The van der Waals surface area contributed by atoms with Crippen LogP contribution in [0.3, 0.4) is 0 Å². The fourth-order valence-corrected chi connectivity index (χ4v) is 5.03. The number of likely N-dealkylation sites (N-methyl/N-ethyl adjacent to an activating group) is 1. The topological polar surface area (TPSA) is 88.9 Å². The lowest BCUT2D eigenvalue weighted by molar-refractivity contribution is -0.155. The first-order valence-electron chi connectivity index (χ1n) is 11.7. The maximum absolute atomic E-state index is 13.4. The number of benzene rings is 1. The number of hydrogen-bond donors (Lipinski definition) is 0. The highest BCUT2D eigenvalue weighted by atomic mass is 16.5. The molecule has 2 aliphatic heterocycles. The van der Waals surface area contributed by atoms with Crippen molar-refractivity contribution in [1.29, 1.82) is 0 Å². The summed E-state index contributed by atoms with van der Waals surface area (Å²) in [5.41, 5.74) is 1.50. The van der Waals surface area contributed by atoms with Crippen LogP contribution in [0.5, 0.6) is 0 Å². The second-order valence-corrected chi connectivity index (χ2v) is 9.55. The number of hydrogen-bond acceptors (Lipinski definition) is 5. The summed E-state index contributed by atoms with van der Waals surface area (Å²) in [5.74, 6) is -1.17. The molecule has 2 amide bonds. The molecule has 0 saturated carbocycles. The zero-order valence-electron chi connectivity index (χ0n) is 20.4. The monoisotopic (exact) mass is 465 g/mol. The first-order chi connectivity index (χ1) is 16.1. The summed E-state index contributed by atoms with van der Waals surface area (Å²) in [4.78, 5) is 54.9. The molecular formula is C26H31N3O5. The zero-order chi connectivity index (χ0) is 24.8. The molecule has 0 bridgehead atoms. The molecule has 2 aromatic rings. The van der Waals surface area contributed by atoms with Crippen molar-refractivity contribution in [2.75, 3.05) is 18.6 Å². The number of anilines is 1. The third-order valence-corrected chi connectivity index (χ3v) is 7.01. The fraction of sp³-hybridized carbons (Fsp3) is 0.462. The van der Waals surface area contributed by atoms with E-state index in [1.54, 1.807) is 24.3 Å². The quantitative estimate of drug-likeness (QED) is 0.461. The van der Waals surface area contributed by atoms with Crippen molar-refractivity contribution in [3.8, 4) is 0 Å². The normalized spacial score (nSPS) is 19.5. The number of para-hydroxylation sites is 1. The van der Waals surface area contributed by atoms with Crippen molar-refractivity contribution >= 4 is 29.3 Å². The molecular weight excluding hydrogens is 434 g/mol. The van der Waals surface area contributed by atoms with E-state index in [9.17, 15) is 19.2 Å². The molecule has 1 unspecified atom stereocenters. The van der Waals surface area contributed by atoms with Gasteiger partial charge in [-0.2, -0.15) is 0 Å². The smallest absolute Gasteiger partial charge is 0.354 e. The summed E-state index contributed by atoms with van der Waals surface area (Å²) in [6.07, 6.45) is 1.21. The van der Waals surface area contributed by atoms with Gasteiger partial charge >= 0.3 is 5.97 Å². The summed E-state index contributed by atoms with van der Waals surface area (Å²) in [5, 5.41) is 0. The van der Waals surface area contributed by atoms with Crippen molar-refractivity contribution < 1.29 is 23.9 Å². The summed E-state index contributed by atoms with van der Waals surface area (Å²) in [7, 11) is 1.50. The van der Waals surface area contributed by atoms with Crippen LogP contribution in [0.2, 0.25) is 0 Å². The number of aromatic nitrogens is 1. The van der Waals surface area contributed by atoms with Crippen LogP contribution in [-0.4, -0.2) is 52.4 Å². The van der Waals surface area contributed by atoms with Crippen LogP contribution in [0.1, 0.15) is 65.2 Å². The average molecular weight is 466 g/mol. The Morgan fingerprint density at radius 1 is 1.15 bits per heavy atom. The van der Waals surface area contributed by atoms with Crippen LogP contribution in [0.15, 0.2) is 30.3 Å². The van der Waals surface area contributed by atoms with Crippen LogP contribution >= 0.6 is 0 Å². The number of Topliss-reactive ketones (excluding diaryl/α,β-unsaturated/α-hetero) is 1. The van der Waals surface area contributed by atoms with Crippen molar-refractivity contribution in [3.05, 3.63) is 52.8 Å². The Kier molecular flexibility index (Phi) is 6.10. The van der Waals surface area contributed by atoms with Crippen molar-refractivity contribution in [1.82, 2.24) is 9.47 Å². The Balaban J connectivity index is 1.56. The van der Waals surface area contributed by atoms with E-state index in [1.807, 2.05) is 19.9 Å². The second-order valence-electron chi connectivity index (χ2n) is 9.55. The number of amides is 2. The van der Waals surface area contributed by atoms with E-state index >= 15 is 0 Å². The lowest BCUT2D eigenvalue weighted by atomic mass is 9.97. The molecule has 1 atom stereocenters. The van der Waals surface area contributed by atoms with Crippen LogP contribution < -0.4 is 4.90 Å². The highest BCUT2D eigenvalue weighted by Crippen LogP contribution is 2.44. The van der Waals surface area contributed by atoms with Gasteiger partial charge in [0.2, 0.25) is 17.4 Å². The Bertz CT molecular complexity index is 1180. The number of nitrogens with zero attached hydrogens (tertiary/aromatic N) is 3. The molecule has 180 valence electrons. The SMILES string of the molecule is Cc1cc(C(=O)COC(=O)C23CCC(=O)N2c2ccccc2C(=O)N3C)c(C)n1CCC(C)C. The molecule has 34 heavy (non-hydrogen) atoms. The molecule has 8 nitrogen and oxygen atoms in total. The number of carbonyl (C=O) groups is 4.